The zero-order valence-electron chi connectivity index (χ0n) is 9.95. The van der Waals surface area contributed by atoms with E-state index in [0.29, 0.717) is 6.54 Å². The molecule has 1 fully saturated rings. The van der Waals surface area contributed by atoms with Gasteiger partial charge in [-0.15, -0.1) is 0 Å². The van der Waals surface area contributed by atoms with E-state index in [-0.39, 0.29) is 5.91 Å². The van der Waals surface area contributed by atoms with Gasteiger partial charge < -0.3 is 10.2 Å². The van der Waals surface area contributed by atoms with Crippen LogP contribution in [0.4, 0.5) is 0 Å². The van der Waals surface area contributed by atoms with Crippen molar-refractivity contribution in [2.45, 2.75) is 19.8 Å². The Morgan fingerprint density at radius 3 is 2.56 bits per heavy atom. The normalized spacial score (nSPS) is 17.2. The number of amides is 2. The molecule has 5 heteroatoms. The number of carbonyl (C=O) groups excluding carboxylic acids is 2. The molecule has 0 bridgehead atoms. The smallest absolute Gasteiger partial charge is 0.234 e. The fourth-order valence-electron chi connectivity index (χ4n) is 1.69. The molecule has 0 saturated carbocycles. The lowest BCUT2D eigenvalue weighted by atomic mass is 10.3. The summed E-state index contributed by atoms with van der Waals surface area (Å²) in [6.07, 6.45) is 3.00. The van der Waals surface area contributed by atoms with Crippen molar-refractivity contribution in [2.24, 2.45) is 0 Å². The van der Waals surface area contributed by atoms with Gasteiger partial charge in [-0.2, -0.15) is 0 Å². The second-order valence-electron chi connectivity index (χ2n) is 4.12. The quantitative estimate of drug-likeness (QED) is 0.499. The van der Waals surface area contributed by atoms with Crippen molar-refractivity contribution in [3.05, 3.63) is 0 Å². The van der Waals surface area contributed by atoms with E-state index < -0.39 is 0 Å². The molecule has 0 aromatic rings. The molecule has 0 aliphatic carbocycles. The number of nitrogens with one attached hydrogen (secondary N) is 1. The van der Waals surface area contributed by atoms with Gasteiger partial charge in [-0.3, -0.25) is 14.5 Å². The lowest BCUT2D eigenvalue weighted by Gasteiger charge is -2.31. The topological polar surface area (TPSA) is 52.7 Å². The fourth-order valence-corrected chi connectivity index (χ4v) is 1.69. The number of nitrogens with zero attached hydrogens (tertiary/aromatic N) is 2. The van der Waals surface area contributed by atoms with Crippen LogP contribution in [-0.4, -0.2) is 61.4 Å². The zero-order chi connectivity index (χ0) is 11.8. The molecule has 16 heavy (non-hydrogen) atoms. The molecule has 1 aliphatic heterocycles. The average Bonchev–Trinajstić information content (AvgIpc) is 2.30. The first-order chi connectivity index (χ1) is 7.76. The molecule has 0 radical (unpaired) electrons. The van der Waals surface area contributed by atoms with Gasteiger partial charge in [0.15, 0.2) is 0 Å². The van der Waals surface area contributed by atoms with Gasteiger partial charge in [-0.1, -0.05) is 13.3 Å². The number of carbonyl (C=O) groups is 2. The summed E-state index contributed by atoms with van der Waals surface area (Å²) in [7, 11) is 0. The lowest BCUT2D eigenvalue weighted by molar-refractivity contribution is -0.123. The Bertz CT molecular complexity index is 225. The van der Waals surface area contributed by atoms with Crippen LogP contribution in [0, 0.1) is 0 Å². The van der Waals surface area contributed by atoms with Crippen molar-refractivity contribution in [1.29, 1.82) is 0 Å². The lowest BCUT2D eigenvalue weighted by Crippen LogP contribution is -2.49. The summed E-state index contributed by atoms with van der Waals surface area (Å²) in [5.41, 5.74) is 0. The molecule has 1 rings (SSSR count). The van der Waals surface area contributed by atoms with Crippen LogP contribution in [0.15, 0.2) is 0 Å². The number of hydrogen-bond acceptors (Lipinski definition) is 3. The van der Waals surface area contributed by atoms with Crippen molar-refractivity contribution in [1.82, 2.24) is 15.1 Å². The maximum atomic E-state index is 11.5. The Kier molecular flexibility index (Phi) is 5.85. The molecule has 1 heterocycles. The number of hydrogen-bond donors (Lipinski definition) is 1. The van der Waals surface area contributed by atoms with Crippen molar-refractivity contribution in [3.63, 3.8) is 0 Å². The second kappa shape index (κ2) is 7.22. The van der Waals surface area contributed by atoms with Crippen LogP contribution in [0.3, 0.4) is 0 Å². The van der Waals surface area contributed by atoms with Gasteiger partial charge in [-0.05, 0) is 6.42 Å². The number of piperazine rings is 1. The van der Waals surface area contributed by atoms with E-state index in [2.05, 4.69) is 17.1 Å². The van der Waals surface area contributed by atoms with Gasteiger partial charge >= 0.3 is 0 Å². The van der Waals surface area contributed by atoms with Crippen molar-refractivity contribution in [2.75, 3.05) is 39.3 Å². The van der Waals surface area contributed by atoms with E-state index >= 15 is 0 Å². The van der Waals surface area contributed by atoms with Crippen LogP contribution in [0.5, 0.6) is 0 Å². The minimum Gasteiger partial charge on any atom is -0.355 e. The van der Waals surface area contributed by atoms with Gasteiger partial charge in [0.25, 0.3) is 0 Å². The number of unbranched alkanes of at least 4 members (excludes halogenated alkanes) is 1. The molecule has 5 nitrogen and oxygen atoms in total. The molecule has 0 atom stereocenters. The Labute approximate surface area is 96.8 Å². The maximum Gasteiger partial charge on any atom is 0.234 e. The van der Waals surface area contributed by atoms with Crippen LogP contribution >= 0.6 is 0 Å². The SMILES string of the molecule is CCCCNC(=O)CN1CCN(C=O)CC1. The number of rotatable bonds is 6. The molecular formula is C11H21N3O2. The fraction of sp³-hybridized carbons (Fsp3) is 0.818. The molecule has 0 unspecified atom stereocenters. The van der Waals surface area contributed by atoms with Crippen LogP contribution < -0.4 is 5.32 Å². The third-order valence-electron chi connectivity index (χ3n) is 2.78. The highest BCUT2D eigenvalue weighted by atomic mass is 16.2. The minimum atomic E-state index is 0.0907. The molecule has 92 valence electrons. The first kappa shape index (κ1) is 13.0. The van der Waals surface area contributed by atoms with Gasteiger partial charge in [-0.25, -0.2) is 0 Å². The summed E-state index contributed by atoms with van der Waals surface area (Å²) in [4.78, 5) is 25.8. The van der Waals surface area contributed by atoms with Gasteiger partial charge in [0.05, 0.1) is 6.54 Å². The summed E-state index contributed by atoms with van der Waals surface area (Å²) < 4.78 is 0. The third-order valence-corrected chi connectivity index (χ3v) is 2.78. The van der Waals surface area contributed by atoms with Gasteiger partial charge in [0.2, 0.25) is 12.3 Å². The first-order valence-corrected chi connectivity index (χ1v) is 5.94. The van der Waals surface area contributed by atoms with Crippen molar-refractivity contribution >= 4 is 12.3 Å². The summed E-state index contributed by atoms with van der Waals surface area (Å²) in [6.45, 7) is 6.36. The Morgan fingerprint density at radius 2 is 2.00 bits per heavy atom. The predicted molar refractivity (Wildman–Crippen MR) is 62.0 cm³/mol. The largest absolute Gasteiger partial charge is 0.355 e. The summed E-state index contributed by atoms with van der Waals surface area (Å²) in [6, 6.07) is 0. The van der Waals surface area contributed by atoms with E-state index in [1.54, 1.807) is 4.90 Å². The van der Waals surface area contributed by atoms with Crippen LogP contribution in [0.25, 0.3) is 0 Å². The molecule has 1 N–H and O–H groups in total. The Hall–Kier alpha value is -1.10. The van der Waals surface area contributed by atoms with Gasteiger partial charge in [0, 0.05) is 32.7 Å². The van der Waals surface area contributed by atoms with E-state index in [1.807, 2.05) is 0 Å². The molecule has 0 aromatic carbocycles. The Morgan fingerprint density at radius 1 is 1.31 bits per heavy atom. The average molecular weight is 227 g/mol. The van der Waals surface area contributed by atoms with Crippen LogP contribution in [-0.2, 0) is 9.59 Å². The molecular weight excluding hydrogens is 206 g/mol. The Balaban J connectivity index is 2.13. The van der Waals surface area contributed by atoms with E-state index in [1.165, 1.54) is 0 Å². The first-order valence-electron chi connectivity index (χ1n) is 5.94. The van der Waals surface area contributed by atoms with Crippen LogP contribution in [0.2, 0.25) is 0 Å². The standard InChI is InChI=1S/C11H21N3O2/c1-2-3-4-12-11(16)9-13-5-7-14(10-15)8-6-13/h10H,2-9H2,1H3,(H,12,16). The molecule has 0 spiro atoms. The van der Waals surface area contributed by atoms with E-state index in [4.69, 9.17) is 0 Å². The van der Waals surface area contributed by atoms with E-state index in [0.717, 1.165) is 52.0 Å². The summed E-state index contributed by atoms with van der Waals surface area (Å²) in [5, 5.41) is 2.89. The highest BCUT2D eigenvalue weighted by Crippen LogP contribution is 1.98. The van der Waals surface area contributed by atoms with Crippen LogP contribution in [0.1, 0.15) is 19.8 Å². The molecule has 1 saturated heterocycles. The second-order valence-corrected chi connectivity index (χ2v) is 4.12. The van der Waals surface area contributed by atoms with E-state index in [9.17, 15) is 9.59 Å². The molecule has 1 aliphatic rings. The molecule has 2 amide bonds. The highest BCUT2D eigenvalue weighted by molar-refractivity contribution is 5.78. The minimum absolute atomic E-state index is 0.0907. The zero-order valence-corrected chi connectivity index (χ0v) is 9.95. The third kappa shape index (κ3) is 4.61. The molecule has 0 aromatic heterocycles. The predicted octanol–water partition coefficient (Wildman–Crippen LogP) is -0.323. The summed E-state index contributed by atoms with van der Waals surface area (Å²) >= 11 is 0. The summed E-state index contributed by atoms with van der Waals surface area (Å²) in [5.74, 6) is 0.0907. The monoisotopic (exact) mass is 227 g/mol. The van der Waals surface area contributed by atoms with Crippen molar-refractivity contribution < 1.29 is 9.59 Å². The highest BCUT2D eigenvalue weighted by Gasteiger charge is 2.17. The van der Waals surface area contributed by atoms with Crippen molar-refractivity contribution in [3.8, 4) is 0 Å². The maximum absolute atomic E-state index is 11.5. The van der Waals surface area contributed by atoms with Gasteiger partial charge in [0.1, 0.15) is 0 Å².